The van der Waals surface area contributed by atoms with E-state index in [1.807, 2.05) is 4.90 Å². The smallest absolute Gasteiger partial charge is 0.330 e. The first kappa shape index (κ1) is 31.3. The minimum atomic E-state index is -0.478. The molecule has 0 saturated heterocycles. The van der Waals surface area contributed by atoms with Crippen molar-refractivity contribution < 1.29 is 43.2 Å². The average Bonchev–Trinajstić information content (AvgIpc) is 2.84. The van der Waals surface area contributed by atoms with Crippen LogP contribution in [0.25, 0.3) is 0 Å². The van der Waals surface area contributed by atoms with Crippen molar-refractivity contribution >= 4 is 23.9 Å². The maximum absolute atomic E-state index is 12.0. The molecule has 0 bridgehead atoms. The Morgan fingerprint density at radius 2 is 1.03 bits per heavy atom. The van der Waals surface area contributed by atoms with E-state index in [0.29, 0.717) is 51.7 Å². The zero-order valence-corrected chi connectivity index (χ0v) is 20.0. The molecule has 0 unspecified atom stereocenters. The van der Waals surface area contributed by atoms with Gasteiger partial charge in [-0.25, -0.2) is 9.59 Å². The summed E-state index contributed by atoms with van der Waals surface area (Å²) in [4.78, 5) is 47.8. The summed E-state index contributed by atoms with van der Waals surface area (Å²) in [7, 11) is 0. The lowest BCUT2D eigenvalue weighted by Crippen LogP contribution is -2.31. The largest absolute Gasteiger partial charge is 0.466 e. The molecule has 0 aromatic rings. The molecule has 0 aliphatic heterocycles. The van der Waals surface area contributed by atoms with E-state index in [-0.39, 0.29) is 57.8 Å². The maximum atomic E-state index is 12.0. The number of carbonyl (C=O) groups is 4. The lowest BCUT2D eigenvalue weighted by molar-refractivity contribution is -0.145. The van der Waals surface area contributed by atoms with Crippen LogP contribution in [0, 0.1) is 0 Å². The molecule has 10 heteroatoms. The SMILES string of the molecule is C=CC(=O)OCCCCOC(=O)CCN(CCCCO)CCC(=O)OCCCCOC(=O)C=C. The summed E-state index contributed by atoms with van der Waals surface area (Å²) in [6, 6.07) is 0. The van der Waals surface area contributed by atoms with Crippen molar-refractivity contribution in [3.63, 3.8) is 0 Å². The Hall–Kier alpha value is -2.72. The number of unbranched alkanes of at least 4 members (excludes halogenated alkanes) is 3. The van der Waals surface area contributed by atoms with Gasteiger partial charge in [0, 0.05) is 31.8 Å². The van der Waals surface area contributed by atoms with Gasteiger partial charge in [-0.15, -0.1) is 0 Å². The molecule has 10 nitrogen and oxygen atoms in total. The fourth-order valence-electron chi connectivity index (χ4n) is 2.67. The number of aliphatic hydroxyl groups excluding tert-OH is 1. The number of hydrogen-bond donors (Lipinski definition) is 1. The summed E-state index contributed by atoms with van der Waals surface area (Å²) in [5, 5.41) is 8.99. The molecular weight excluding hydrogens is 446 g/mol. The van der Waals surface area contributed by atoms with Gasteiger partial charge in [-0.2, -0.15) is 0 Å². The summed E-state index contributed by atoms with van der Waals surface area (Å²) in [5.41, 5.74) is 0. The van der Waals surface area contributed by atoms with Gasteiger partial charge in [0.2, 0.25) is 0 Å². The Morgan fingerprint density at radius 1 is 0.618 bits per heavy atom. The summed E-state index contributed by atoms with van der Waals surface area (Å²) in [5.74, 6) is -1.63. The van der Waals surface area contributed by atoms with Crippen LogP contribution in [0.3, 0.4) is 0 Å². The molecule has 0 saturated carbocycles. The van der Waals surface area contributed by atoms with Gasteiger partial charge in [0.1, 0.15) is 0 Å². The first-order valence-electron chi connectivity index (χ1n) is 11.7. The number of aliphatic hydroxyl groups is 1. The number of rotatable bonds is 22. The average molecular weight is 486 g/mol. The molecule has 0 aromatic heterocycles. The van der Waals surface area contributed by atoms with Crippen LogP contribution >= 0.6 is 0 Å². The lowest BCUT2D eigenvalue weighted by Gasteiger charge is -2.21. The van der Waals surface area contributed by atoms with Crippen molar-refractivity contribution in [3.05, 3.63) is 25.3 Å². The van der Waals surface area contributed by atoms with Gasteiger partial charge in [-0.1, -0.05) is 13.2 Å². The molecule has 0 aliphatic carbocycles. The maximum Gasteiger partial charge on any atom is 0.330 e. The van der Waals surface area contributed by atoms with E-state index in [1.165, 1.54) is 0 Å². The Bertz CT molecular complexity index is 574. The minimum Gasteiger partial charge on any atom is -0.466 e. The Kier molecular flexibility index (Phi) is 20.3. The summed E-state index contributed by atoms with van der Waals surface area (Å²) in [6.07, 6.45) is 6.27. The Morgan fingerprint density at radius 3 is 1.41 bits per heavy atom. The van der Waals surface area contributed by atoms with Gasteiger partial charge in [-0.05, 0) is 45.1 Å². The van der Waals surface area contributed by atoms with Crippen LogP contribution in [0.15, 0.2) is 25.3 Å². The molecule has 0 spiro atoms. The second kappa shape index (κ2) is 22.1. The summed E-state index contributed by atoms with van der Waals surface area (Å²) < 4.78 is 20.1. The normalized spacial score (nSPS) is 10.4. The van der Waals surface area contributed by atoms with Crippen molar-refractivity contribution in [2.24, 2.45) is 0 Å². The van der Waals surface area contributed by atoms with E-state index >= 15 is 0 Å². The highest BCUT2D eigenvalue weighted by Gasteiger charge is 2.12. The van der Waals surface area contributed by atoms with Crippen molar-refractivity contribution in [2.75, 3.05) is 52.7 Å². The van der Waals surface area contributed by atoms with E-state index in [1.54, 1.807) is 0 Å². The van der Waals surface area contributed by atoms with E-state index < -0.39 is 11.9 Å². The molecule has 0 aromatic carbocycles. The van der Waals surface area contributed by atoms with Crippen LogP contribution in [0.1, 0.15) is 51.4 Å². The molecular formula is C24H39NO9. The molecule has 0 fully saturated rings. The fraction of sp³-hybridized carbons (Fsp3) is 0.667. The monoisotopic (exact) mass is 485 g/mol. The third-order valence-corrected chi connectivity index (χ3v) is 4.57. The zero-order chi connectivity index (χ0) is 25.4. The molecule has 34 heavy (non-hydrogen) atoms. The van der Waals surface area contributed by atoms with Crippen LogP contribution in [-0.2, 0) is 38.1 Å². The third kappa shape index (κ3) is 19.9. The van der Waals surface area contributed by atoms with Crippen molar-refractivity contribution in [1.29, 1.82) is 0 Å². The Balaban J connectivity index is 4.06. The quantitative estimate of drug-likeness (QED) is 0.105. The van der Waals surface area contributed by atoms with E-state index in [2.05, 4.69) is 13.2 Å². The number of nitrogens with zero attached hydrogens (tertiary/aromatic N) is 1. The second-order valence-corrected chi connectivity index (χ2v) is 7.37. The first-order chi connectivity index (χ1) is 16.4. The van der Waals surface area contributed by atoms with E-state index in [0.717, 1.165) is 18.6 Å². The van der Waals surface area contributed by atoms with Crippen LogP contribution in [-0.4, -0.2) is 86.6 Å². The first-order valence-corrected chi connectivity index (χ1v) is 11.7. The third-order valence-electron chi connectivity index (χ3n) is 4.57. The number of hydrogen-bond acceptors (Lipinski definition) is 10. The number of ether oxygens (including phenoxy) is 4. The zero-order valence-electron chi connectivity index (χ0n) is 20.0. The minimum absolute atomic E-state index is 0.0855. The fourth-order valence-corrected chi connectivity index (χ4v) is 2.67. The van der Waals surface area contributed by atoms with Gasteiger partial charge in [0.25, 0.3) is 0 Å². The molecule has 1 N–H and O–H groups in total. The number of esters is 4. The van der Waals surface area contributed by atoms with Gasteiger partial charge >= 0.3 is 23.9 Å². The molecule has 0 aliphatic rings. The highest BCUT2D eigenvalue weighted by Crippen LogP contribution is 2.03. The Labute approximate surface area is 201 Å². The van der Waals surface area contributed by atoms with Crippen LogP contribution in [0.4, 0.5) is 0 Å². The van der Waals surface area contributed by atoms with Gasteiger partial charge in [-0.3, -0.25) is 9.59 Å². The van der Waals surface area contributed by atoms with E-state index in [4.69, 9.17) is 24.1 Å². The molecule has 0 heterocycles. The van der Waals surface area contributed by atoms with Crippen molar-refractivity contribution in [3.8, 4) is 0 Å². The second-order valence-electron chi connectivity index (χ2n) is 7.37. The predicted octanol–water partition coefficient (Wildman–Crippen LogP) is 1.95. The van der Waals surface area contributed by atoms with E-state index in [9.17, 15) is 19.2 Å². The molecule has 0 radical (unpaired) electrons. The molecule has 0 atom stereocenters. The number of carbonyl (C=O) groups excluding carboxylic acids is 4. The topological polar surface area (TPSA) is 129 Å². The van der Waals surface area contributed by atoms with Crippen LogP contribution in [0.2, 0.25) is 0 Å². The van der Waals surface area contributed by atoms with Crippen LogP contribution < -0.4 is 0 Å². The summed E-state index contributed by atoms with van der Waals surface area (Å²) >= 11 is 0. The molecule has 0 rings (SSSR count). The van der Waals surface area contributed by atoms with Crippen LogP contribution in [0.5, 0.6) is 0 Å². The van der Waals surface area contributed by atoms with Gasteiger partial charge in [0.15, 0.2) is 0 Å². The highest BCUT2D eigenvalue weighted by atomic mass is 16.5. The summed E-state index contributed by atoms with van der Waals surface area (Å²) in [6.45, 7) is 9.20. The standard InChI is InChI=1S/C24H39NO9/c1-3-21(27)31-17-7-9-19-33-23(29)11-14-25(13-5-6-16-26)15-12-24(30)34-20-10-8-18-32-22(28)4-2/h3-4,26H,1-2,5-20H2. The van der Waals surface area contributed by atoms with Gasteiger partial charge < -0.3 is 29.0 Å². The predicted molar refractivity (Wildman–Crippen MR) is 125 cm³/mol. The molecule has 194 valence electrons. The van der Waals surface area contributed by atoms with Crippen molar-refractivity contribution in [2.45, 2.75) is 51.4 Å². The highest BCUT2D eigenvalue weighted by molar-refractivity contribution is 5.81. The molecule has 0 amide bonds. The van der Waals surface area contributed by atoms with Gasteiger partial charge in [0.05, 0.1) is 39.3 Å². The van der Waals surface area contributed by atoms with Crippen molar-refractivity contribution in [1.82, 2.24) is 4.90 Å². The lowest BCUT2D eigenvalue weighted by atomic mass is 10.2.